The fourth-order valence-corrected chi connectivity index (χ4v) is 3.07. The van der Waals surface area contributed by atoms with E-state index in [2.05, 4.69) is 15.6 Å². The van der Waals surface area contributed by atoms with Gasteiger partial charge in [0.1, 0.15) is 5.60 Å². The lowest BCUT2D eigenvalue weighted by molar-refractivity contribution is -0.163. The van der Waals surface area contributed by atoms with E-state index >= 15 is 0 Å². The van der Waals surface area contributed by atoms with Crippen LogP contribution in [0.5, 0.6) is 0 Å². The molecule has 1 amide bonds. The van der Waals surface area contributed by atoms with Gasteiger partial charge >= 0.3 is 5.97 Å². The van der Waals surface area contributed by atoms with E-state index in [0.29, 0.717) is 18.4 Å². The highest BCUT2D eigenvalue weighted by Crippen LogP contribution is 2.30. The summed E-state index contributed by atoms with van der Waals surface area (Å²) in [5, 5.41) is 6.30. The predicted molar refractivity (Wildman–Crippen MR) is 107 cm³/mol. The van der Waals surface area contributed by atoms with Crippen molar-refractivity contribution in [3.63, 3.8) is 0 Å². The second-order valence-corrected chi connectivity index (χ2v) is 8.18. The Hall–Kier alpha value is -2.83. The molecule has 1 saturated carbocycles. The summed E-state index contributed by atoms with van der Waals surface area (Å²) in [6, 6.07) is 7.43. The standard InChI is InChI=1S/C21H28N4O3/c1-21(2,3)28-20(27)16-12-18(13-16)24-19(26)15-4-6-17(7-5-15)23-9-11-25-10-8-22-14-25/h4-8,10,14,16,18,23H,9,11-13H2,1-3H3,(H,24,26). The van der Waals surface area contributed by atoms with Crippen LogP contribution in [0.2, 0.25) is 0 Å². The zero-order valence-electron chi connectivity index (χ0n) is 16.6. The van der Waals surface area contributed by atoms with E-state index in [4.69, 9.17) is 4.74 Å². The van der Waals surface area contributed by atoms with Gasteiger partial charge in [0.25, 0.3) is 5.91 Å². The maximum absolute atomic E-state index is 12.4. The van der Waals surface area contributed by atoms with Gasteiger partial charge in [0.15, 0.2) is 0 Å². The number of amides is 1. The molecule has 1 aliphatic carbocycles. The minimum absolute atomic E-state index is 0.0259. The summed E-state index contributed by atoms with van der Waals surface area (Å²) in [7, 11) is 0. The zero-order chi connectivity index (χ0) is 20.1. The van der Waals surface area contributed by atoms with Crippen molar-refractivity contribution in [2.75, 3.05) is 11.9 Å². The first-order valence-corrected chi connectivity index (χ1v) is 9.63. The number of benzene rings is 1. The molecule has 1 heterocycles. The first-order valence-electron chi connectivity index (χ1n) is 9.63. The lowest BCUT2D eigenvalue weighted by Gasteiger charge is -2.35. The van der Waals surface area contributed by atoms with Crippen molar-refractivity contribution < 1.29 is 14.3 Å². The fraction of sp³-hybridized carbons (Fsp3) is 0.476. The molecular formula is C21H28N4O3. The first kappa shape index (κ1) is 19.9. The summed E-state index contributed by atoms with van der Waals surface area (Å²) in [5.41, 5.74) is 1.10. The van der Waals surface area contributed by atoms with Crippen LogP contribution in [-0.2, 0) is 16.1 Å². The summed E-state index contributed by atoms with van der Waals surface area (Å²) in [6.45, 7) is 7.18. The van der Waals surface area contributed by atoms with Gasteiger partial charge in [0, 0.05) is 42.8 Å². The lowest BCUT2D eigenvalue weighted by Crippen LogP contribution is -2.48. The molecule has 0 aliphatic heterocycles. The van der Waals surface area contributed by atoms with Crippen LogP contribution in [0.3, 0.4) is 0 Å². The van der Waals surface area contributed by atoms with Gasteiger partial charge in [0.2, 0.25) is 0 Å². The molecular weight excluding hydrogens is 356 g/mol. The highest BCUT2D eigenvalue weighted by molar-refractivity contribution is 5.95. The van der Waals surface area contributed by atoms with Crippen LogP contribution in [-0.4, -0.2) is 39.6 Å². The minimum atomic E-state index is -0.472. The summed E-state index contributed by atoms with van der Waals surface area (Å²) in [6.07, 6.45) is 6.72. The Balaban J connectivity index is 1.40. The van der Waals surface area contributed by atoms with E-state index < -0.39 is 5.60 Å². The van der Waals surface area contributed by atoms with E-state index in [1.54, 1.807) is 24.7 Å². The molecule has 7 nitrogen and oxygen atoms in total. The largest absolute Gasteiger partial charge is 0.460 e. The van der Waals surface area contributed by atoms with Crippen molar-refractivity contribution in [1.29, 1.82) is 0 Å². The number of carbonyl (C=O) groups is 2. The van der Waals surface area contributed by atoms with Crippen molar-refractivity contribution >= 4 is 17.6 Å². The van der Waals surface area contributed by atoms with Gasteiger partial charge < -0.3 is 19.9 Å². The van der Waals surface area contributed by atoms with E-state index in [1.165, 1.54) is 0 Å². The molecule has 0 unspecified atom stereocenters. The Labute approximate surface area is 165 Å². The molecule has 0 saturated heterocycles. The molecule has 1 fully saturated rings. The molecule has 2 aromatic rings. The van der Waals surface area contributed by atoms with Crippen molar-refractivity contribution in [3.05, 3.63) is 48.5 Å². The van der Waals surface area contributed by atoms with Crippen LogP contribution in [0, 0.1) is 5.92 Å². The van der Waals surface area contributed by atoms with Crippen LogP contribution < -0.4 is 10.6 Å². The predicted octanol–water partition coefficient (Wildman–Crippen LogP) is 2.85. The highest BCUT2D eigenvalue weighted by Gasteiger charge is 2.38. The van der Waals surface area contributed by atoms with Gasteiger partial charge in [-0.25, -0.2) is 4.98 Å². The van der Waals surface area contributed by atoms with Crippen molar-refractivity contribution in [2.45, 2.75) is 51.8 Å². The third-order valence-corrected chi connectivity index (χ3v) is 4.62. The molecule has 28 heavy (non-hydrogen) atoms. The molecule has 1 aliphatic rings. The Bertz CT molecular complexity index is 788. The van der Waals surface area contributed by atoms with Gasteiger partial charge in [-0.3, -0.25) is 9.59 Å². The number of aromatic nitrogens is 2. The number of esters is 1. The molecule has 1 aromatic carbocycles. The SMILES string of the molecule is CC(C)(C)OC(=O)C1CC(NC(=O)c2ccc(NCCn3ccnc3)cc2)C1. The number of nitrogens with zero attached hydrogens (tertiary/aromatic N) is 2. The number of hydrogen-bond acceptors (Lipinski definition) is 5. The summed E-state index contributed by atoms with van der Waals surface area (Å²) < 4.78 is 7.38. The third kappa shape index (κ3) is 5.58. The molecule has 0 radical (unpaired) electrons. The van der Waals surface area contributed by atoms with Crippen molar-refractivity contribution in [2.24, 2.45) is 5.92 Å². The Morgan fingerprint density at radius 2 is 1.93 bits per heavy atom. The van der Waals surface area contributed by atoms with Crippen LogP contribution in [0.4, 0.5) is 5.69 Å². The monoisotopic (exact) mass is 384 g/mol. The van der Waals surface area contributed by atoms with Crippen molar-refractivity contribution in [1.82, 2.24) is 14.9 Å². The first-order chi connectivity index (χ1) is 13.3. The average molecular weight is 384 g/mol. The molecule has 1 aromatic heterocycles. The van der Waals surface area contributed by atoms with E-state index in [1.807, 2.05) is 43.7 Å². The molecule has 3 rings (SSSR count). The van der Waals surface area contributed by atoms with Crippen LogP contribution in [0.1, 0.15) is 44.0 Å². The lowest BCUT2D eigenvalue weighted by atomic mass is 9.80. The molecule has 7 heteroatoms. The van der Waals surface area contributed by atoms with Gasteiger partial charge in [-0.1, -0.05) is 0 Å². The second kappa shape index (κ2) is 8.46. The van der Waals surface area contributed by atoms with Crippen molar-refractivity contribution in [3.8, 4) is 0 Å². The smallest absolute Gasteiger partial charge is 0.309 e. The third-order valence-electron chi connectivity index (χ3n) is 4.62. The molecule has 0 spiro atoms. The number of rotatable bonds is 7. The Morgan fingerprint density at radius 1 is 1.21 bits per heavy atom. The molecule has 0 atom stereocenters. The van der Waals surface area contributed by atoms with Gasteiger partial charge in [0.05, 0.1) is 12.2 Å². The molecule has 0 bridgehead atoms. The number of hydrogen-bond donors (Lipinski definition) is 2. The zero-order valence-corrected chi connectivity index (χ0v) is 16.6. The maximum Gasteiger partial charge on any atom is 0.309 e. The summed E-state index contributed by atoms with van der Waals surface area (Å²) >= 11 is 0. The maximum atomic E-state index is 12.4. The van der Waals surface area contributed by atoms with E-state index in [0.717, 1.165) is 18.8 Å². The highest BCUT2D eigenvalue weighted by atomic mass is 16.6. The number of anilines is 1. The van der Waals surface area contributed by atoms with Gasteiger partial charge in [-0.2, -0.15) is 0 Å². The number of carbonyl (C=O) groups excluding carboxylic acids is 2. The fourth-order valence-electron chi connectivity index (χ4n) is 3.07. The number of nitrogens with one attached hydrogen (secondary N) is 2. The van der Waals surface area contributed by atoms with E-state index in [9.17, 15) is 9.59 Å². The topological polar surface area (TPSA) is 85.2 Å². The van der Waals surface area contributed by atoms with Crippen LogP contribution >= 0.6 is 0 Å². The number of imidazole rings is 1. The normalized spacial score (nSPS) is 18.8. The second-order valence-electron chi connectivity index (χ2n) is 8.18. The van der Waals surface area contributed by atoms with E-state index in [-0.39, 0.29) is 23.8 Å². The van der Waals surface area contributed by atoms with Crippen LogP contribution in [0.15, 0.2) is 43.0 Å². The van der Waals surface area contributed by atoms with Gasteiger partial charge in [-0.15, -0.1) is 0 Å². The Kier molecular flexibility index (Phi) is 6.02. The minimum Gasteiger partial charge on any atom is -0.460 e. The van der Waals surface area contributed by atoms with Gasteiger partial charge in [-0.05, 0) is 57.9 Å². The molecule has 2 N–H and O–H groups in total. The molecule has 150 valence electrons. The number of ether oxygens (including phenoxy) is 1. The van der Waals surface area contributed by atoms with Crippen LogP contribution in [0.25, 0.3) is 0 Å². The average Bonchev–Trinajstić information content (AvgIpc) is 3.10. The quantitative estimate of drug-likeness (QED) is 0.717. The Morgan fingerprint density at radius 3 is 2.54 bits per heavy atom. The summed E-state index contributed by atoms with van der Waals surface area (Å²) in [5.74, 6) is -0.409. The summed E-state index contributed by atoms with van der Waals surface area (Å²) in [4.78, 5) is 28.4.